The van der Waals surface area contributed by atoms with Gasteiger partial charge in [-0.15, -0.1) is 10.2 Å². The molecule has 28 heavy (non-hydrogen) atoms. The first-order valence-corrected chi connectivity index (χ1v) is 9.23. The molecule has 3 aromatic rings. The lowest BCUT2D eigenvalue weighted by Gasteiger charge is -2.06. The third-order valence-corrected chi connectivity index (χ3v) is 4.50. The molecule has 2 aliphatic rings. The van der Waals surface area contributed by atoms with Crippen molar-refractivity contribution in [3.05, 3.63) is 54.7 Å². The monoisotopic (exact) mass is 377 g/mol. The molecule has 3 heterocycles. The highest BCUT2D eigenvalue weighted by Gasteiger charge is 2.23. The Hall–Kier alpha value is -3.03. The standard InChI is InChI=1S/C21H19N3O4/c1-5-16(25-10-18-12-27-18)6-2-14(1)20-9-22-21(24-23-20)15-3-7-17(8-4-15)26-11-19-13-28-19/h1-9,18-19H,10-13H2/t18-,19+/m1/s1. The second-order valence-electron chi connectivity index (χ2n) is 6.75. The maximum atomic E-state index is 5.65. The van der Waals surface area contributed by atoms with Gasteiger partial charge in [0.05, 0.1) is 19.4 Å². The van der Waals surface area contributed by atoms with E-state index in [1.165, 1.54) is 0 Å². The molecular weight excluding hydrogens is 358 g/mol. The highest BCUT2D eigenvalue weighted by Crippen LogP contribution is 2.23. The Morgan fingerprint density at radius 3 is 1.75 bits per heavy atom. The number of rotatable bonds is 8. The van der Waals surface area contributed by atoms with Crippen LogP contribution < -0.4 is 9.47 Å². The molecule has 2 fully saturated rings. The zero-order chi connectivity index (χ0) is 18.8. The molecule has 0 unspecified atom stereocenters. The Morgan fingerprint density at radius 1 is 0.750 bits per heavy atom. The van der Waals surface area contributed by atoms with Gasteiger partial charge in [-0.25, -0.2) is 4.98 Å². The fourth-order valence-corrected chi connectivity index (χ4v) is 2.67. The van der Waals surface area contributed by atoms with E-state index in [2.05, 4.69) is 15.2 Å². The molecular formula is C21H19N3O4. The zero-order valence-corrected chi connectivity index (χ0v) is 15.2. The summed E-state index contributed by atoms with van der Waals surface area (Å²) in [4.78, 5) is 4.45. The summed E-state index contributed by atoms with van der Waals surface area (Å²) in [6.45, 7) is 2.75. The zero-order valence-electron chi connectivity index (χ0n) is 15.2. The maximum Gasteiger partial charge on any atom is 0.181 e. The Morgan fingerprint density at radius 2 is 1.29 bits per heavy atom. The summed E-state index contributed by atoms with van der Waals surface area (Å²) in [5, 5.41) is 8.57. The first-order chi connectivity index (χ1) is 13.8. The lowest BCUT2D eigenvalue weighted by molar-refractivity contribution is 0.263. The molecule has 0 amide bonds. The van der Waals surface area contributed by atoms with Crippen molar-refractivity contribution >= 4 is 0 Å². The van der Waals surface area contributed by atoms with Crippen LogP contribution in [0.5, 0.6) is 11.5 Å². The Balaban J connectivity index is 1.23. The molecule has 2 atom stereocenters. The lowest BCUT2D eigenvalue weighted by atomic mass is 10.1. The SMILES string of the molecule is c1cc(-c2cnc(-c3ccc(OC[C@H]4CO4)cc3)nn2)ccc1OC[C@@H]1CO1. The minimum atomic E-state index is 0.243. The Labute approximate surface area is 162 Å². The molecule has 0 saturated carbocycles. The molecule has 7 nitrogen and oxygen atoms in total. The number of hydrogen-bond acceptors (Lipinski definition) is 7. The molecule has 2 aromatic carbocycles. The van der Waals surface area contributed by atoms with E-state index in [9.17, 15) is 0 Å². The third kappa shape index (κ3) is 4.27. The van der Waals surface area contributed by atoms with Crippen molar-refractivity contribution in [3.63, 3.8) is 0 Å². The number of nitrogens with zero attached hydrogens (tertiary/aromatic N) is 3. The van der Waals surface area contributed by atoms with E-state index in [-0.39, 0.29) is 12.2 Å². The second kappa shape index (κ2) is 7.53. The van der Waals surface area contributed by atoms with Crippen LogP contribution in [-0.4, -0.2) is 53.8 Å². The van der Waals surface area contributed by atoms with Gasteiger partial charge < -0.3 is 18.9 Å². The van der Waals surface area contributed by atoms with Gasteiger partial charge in [-0.05, 0) is 48.5 Å². The number of aromatic nitrogens is 3. The van der Waals surface area contributed by atoms with E-state index in [0.717, 1.165) is 35.8 Å². The van der Waals surface area contributed by atoms with E-state index in [4.69, 9.17) is 18.9 Å². The minimum Gasteiger partial charge on any atom is -0.491 e. The van der Waals surface area contributed by atoms with E-state index in [0.29, 0.717) is 24.7 Å². The number of ether oxygens (including phenoxy) is 4. The van der Waals surface area contributed by atoms with Crippen LogP contribution in [0.1, 0.15) is 0 Å². The molecule has 0 bridgehead atoms. The van der Waals surface area contributed by atoms with Crippen molar-refractivity contribution in [1.82, 2.24) is 15.2 Å². The Bertz CT molecular complexity index is 843. The predicted octanol–water partition coefficient (Wildman–Crippen LogP) is 2.76. The summed E-state index contributed by atoms with van der Waals surface area (Å²) < 4.78 is 21.6. The van der Waals surface area contributed by atoms with E-state index >= 15 is 0 Å². The van der Waals surface area contributed by atoms with Crippen LogP contribution in [0.3, 0.4) is 0 Å². The summed E-state index contributed by atoms with van der Waals surface area (Å²) in [5.74, 6) is 2.19. The van der Waals surface area contributed by atoms with Gasteiger partial charge in [0.15, 0.2) is 5.82 Å². The predicted molar refractivity (Wildman–Crippen MR) is 101 cm³/mol. The van der Waals surface area contributed by atoms with Crippen LogP contribution in [0, 0.1) is 0 Å². The number of benzene rings is 2. The smallest absolute Gasteiger partial charge is 0.181 e. The fourth-order valence-electron chi connectivity index (χ4n) is 2.67. The van der Waals surface area contributed by atoms with Crippen molar-refractivity contribution < 1.29 is 18.9 Å². The van der Waals surface area contributed by atoms with Gasteiger partial charge in [0.25, 0.3) is 0 Å². The van der Waals surface area contributed by atoms with Crippen molar-refractivity contribution in [3.8, 4) is 34.1 Å². The molecule has 0 spiro atoms. The van der Waals surface area contributed by atoms with Crippen molar-refractivity contribution in [2.45, 2.75) is 12.2 Å². The molecule has 0 aliphatic carbocycles. The van der Waals surface area contributed by atoms with Crippen LogP contribution in [0.2, 0.25) is 0 Å². The van der Waals surface area contributed by atoms with E-state index in [1.807, 2.05) is 48.5 Å². The van der Waals surface area contributed by atoms with Gasteiger partial charge in [-0.1, -0.05) is 0 Å². The maximum absolute atomic E-state index is 5.65. The van der Waals surface area contributed by atoms with Crippen molar-refractivity contribution in [1.29, 1.82) is 0 Å². The van der Waals surface area contributed by atoms with Gasteiger partial charge in [0, 0.05) is 11.1 Å². The van der Waals surface area contributed by atoms with E-state index < -0.39 is 0 Å². The largest absolute Gasteiger partial charge is 0.491 e. The van der Waals surface area contributed by atoms with Gasteiger partial charge in [-0.2, -0.15) is 0 Å². The third-order valence-electron chi connectivity index (χ3n) is 4.50. The lowest BCUT2D eigenvalue weighted by Crippen LogP contribution is -2.04. The van der Waals surface area contributed by atoms with E-state index in [1.54, 1.807) is 6.20 Å². The average Bonchev–Trinajstić information content (AvgIpc) is 3.67. The molecule has 1 aromatic heterocycles. The Kier molecular flexibility index (Phi) is 4.60. The van der Waals surface area contributed by atoms with Crippen LogP contribution in [0.4, 0.5) is 0 Å². The van der Waals surface area contributed by atoms with Crippen molar-refractivity contribution in [2.24, 2.45) is 0 Å². The molecule has 7 heteroatoms. The molecule has 0 N–H and O–H groups in total. The van der Waals surface area contributed by atoms with Gasteiger partial charge in [-0.3, -0.25) is 0 Å². The van der Waals surface area contributed by atoms with Gasteiger partial charge >= 0.3 is 0 Å². The number of hydrogen-bond donors (Lipinski definition) is 0. The second-order valence-corrected chi connectivity index (χ2v) is 6.75. The first kappa shape index (κ1) is 17.1. The minimum absolute atomic E-state index is 0.243. The summed E-state index contributed by atoms with van der Waals surface area (Å²) >= 11 is 0. The molecule has 2 saturated heterocycles. The normalized spacial score (nSPS) is 19.9. The van der Waals surface area contributed by atoms with Crippen LogP contribution in [-0.2, 0) is 9.47 Å². The number of epoxide rings is 2. The van der Waals surface area contributed by atoms with Crippen molar-refractivity contribution in [2.75, 3.05) is 26.4 Å². The first-order valence-electron chi connectivity index (χ1n) is 9.23. The molecule has 0 radical (unpaired) electrons. The molecule has 5 rings (SSSR count). The highest BCUT2D eigenvalue weighted by atomic mass is 16.6. The summed E-state index contributed by atoms with van der Waals surface area (Å²) in [6, 6.07) is 15.4. The van der Waals surface area contributed by atoms with Crippen LogP contribution in [0.25, 0.3) is 22.6 Å². The highest BCUT2D eigenvalue weighted by molar-refractivity contribution is 5.61. The molecule has 142 valence electrons. The fraction of sp³-hybridized carbons (Fsp3) is 0.286. The summed E-state index contributed by atoms with van der Waals surface area (Å²) in [7, 11) is 0. The summed E-state index contributed by atoms with van der Waals surface area (Å²) in [5.41, 5.74) is 2.54. The average molecular weight is 377 g/mol. The molecule has 2 aliphatic heterocycles. The topological polar surface area (TPSA) is 82.2 Å². The summed E-state index contributed by atoms with van der Waals surface area (Å²) in [6.07, 6.45) is 2.22. The van der Waals surface area contributed by atoms with Crippen LogP contribution in [0.15, 0.2) is 54.7 Å². The quantitative estimate of drug-likeness (QED) is 0.558. The van der Waals surface area contributed by atoms with Gasteiger partial charge in [0.1, 0.15) is 42.6 Å². The van der Waals surface area contributed by atoms with Crippen LogP contribution >= 0.6 is 0 Å². The van der Waals surface area contributed by atoms with Gasteiger partial charge in [0.2, 0.25) is 0 Å².